The normalized spacial score (nSPS) is 27.4. The van der Waals surface area contributed by atoms with Gasteiger partial charge < -0.3 is 4.43 Å². The van der Waals surface area contributed by atoms with Gasteiger partial charge in [0.15, 0.2) is 8.32 Å². The second-order valence-corrected chi connectivity index (χ2v) is 12.8. The summed E-state index contributed by atoms with van der Waals surface area (Å²) in [5.41, 5.74) is 0. The average Bonchev–Trinajstić information content (AvgIpc) is 2.28. The van der Waals surface area contributed by atoms with Crippen LogP contribution < -0.4 is 0 Å². The first-order valence-electron chi connectivity index (χ1n) is 7.71. The highest BCUT2D eigenvalue weighted by atomic mass is 28.4. The number of hydrogen-bond acceptors (Lipinski definition) is 2. The Balaban J connectivity index is 2.48. The predicted molar refractivity (Wildman–Crippen MR) is 83.8 cm³/mol. The van der Waals surface area contributed by atoms with Crippen molar-refractivity contribution < 1.29 is 9.22 Å². The van der Waals surface area contributed by atoms with E-state index in [1.165, 1.54) is 6.42 Å². The van der Waals surface area contributed by atoms with E-state index < -0.39 is 8.32 Å². The zero-order valence-corrected chi connectivity index (χ0v) is 14.9. The lowest BCUT2D eigenvalue weighted by molar-refractivity contribution is -0.126. The van der Waals surface area contributed by atoms with E-state index in [2.05, 4.69) is 47.7 Å². The van der Waals surface area contributed by atoms with Crippen molar-refractivity contribution in [3.8, 4) is 0 Å². The first-order valence-corrected chi connectivity index (χ1v) is 10.6. The van der Waals surface area contributed by atoms with Crippen molar-refractivity contribution in [1.82, 2.24) is 0 Å². The molecular formula is C16H32O2Si. The predicted octanol–water partition coefficient (Wildman–Crippen LogP) is 4.65. The summed E-state index contributed by atoms with van der Waals surface area (Å²) in [7, 11) is -1.65. The molecular weight excluding hydrogens is 252 g/mol. The molecule has 0 aromatic rings. The SMILES string of the molecule is CC1CCC(C(C)CO[Si](C)(C)C(C)(C)C)CC1=O. The van der Waals surface area contributed by atoms with Crippen LogP contribution in [0, 0.1) is 17.8 Å². The molecule has 1 aliphatic carbocycles. The van der Waals surface area contributed by atoms with Gasteiger partial charge in [-0.05, 0) is 42.8 Å². The summed E-state index contributed by atoms with van der Waals surface area (Å²) >= 11 is 0. The summed E-state index contributed by atoms with van der Waals surface area (Å²) < 4.78 is 6.30. The van der Waals surface area contributed by atoms with Gasteiger partial charge in [0.25, 0.3) is 0 Å². The van der Waals surface area contributed by atoms with E-state index >= 15 is 0 Å². The van der Waals surface area contributed by atoms with Crippen molar-refractivity contribution in [2.24, 2.45) is 17.8 Å². The maximum absolute atomic E-state index is 11.8. The molecule has 19 heavy (non-hydrogen) atoms. The molecule has 1 fully saturated rings. The van der Waals surface area contributed by atoms with Crippen LogP contribution in [0.5, 0.6) is 0 Å². The third kappa shape index (κ3) is 4.42. The van der Waals surface area contributed by atoms with E-state index in [0.717, 1.165) is 19.4 Å². The van der Waals surface area contributed by atoms with E-state index in [4.69, 9.17) is 4.43 Å². The van der Waals surface area contributed by atoms with Gasteiger partial charge in [-0.2, -0.15) is 0 Å². The largest absolute Gasteiger partial charge is 0.417 e. The van der Waals surface area contributed by atoms with Gasteiger partial charge in [0.05, 0.1) is 0 Å². The topological polar surface area (TPSA) is 26.3 Å². The second kappa shape index (κ2) is 6.09. The molecule has 3 heteroatoms. The molecule has 2 nitrogen and oxygen atoms in total. The van der Waals surface area contributed by atoms with Gasteiger partial charge in [0.1, 0.15) is 5.78 Å². The number of carbonyl (C=O) groups excluding carboxylic acids is 1. The molecule has 112 valence electrons. The molecule has 1 saturated carbocycles. The number of carbonyl (C=O) groups is 1. The Labute approximate surface area is 120 Å². The van der Waals surface area contributed by atoms with Crippen LogP contribution in [0.1, 0.15) is 53.9 Å². The minimum absolute atomic E-state index is 0.267. The van der Waals surface area contributed by atoms with Gasteiger partial charge in [0, 0.05) is 18.9 Å². The van der Waals surface area contributed by atoms with Crippen LogP contribution in [-0.4, -0.2) is 20.7 Å². The van der Waals surface area contributed by atoms with Crippen molar-refractivity contribution in [2.75, 3.05) is 6.61 Å². The maximum atomic E-state index is 11.8. The van der Waals surface area contributed by atoms with Crippen LogP contribution >= 0.6 is 0 Å². The summed E-state index contributed by atoms with van der Waals surface area (Å²) in [6, 6.07) is 0. The fourth-order valence-corrected chi connectivity index (χ4v) is 3.48. The monoisotopic (exact) mass is 284 g/mol. The lowest BCUT2D eigenvalue weighted by atomic mass is 9.76. The lowest BCUT2D eigenvalue weighted by Crippen LogP contribution is -2.42. The molecule has 0 aromatic heterocycles. The highest BCUT2D eigenvalue weighted by Crippen LogP contribution is 2.38. The molecule has 0 saturated heterocycles. The third-order valence-corrected chi connectivity index (χ3v) is 9.80. The second-order valence-electron chi connectivity index (χ2n) is 7.96. The molecule has 1 rings (SSSR count). The average molecular weight is 285 g/mol. The highest BCUT2D eigenvalue weighted by Gasteiger charge is 2.38. The Morgan fingerprint density at radius 1 is 1.32 bits per heavy atom. The highest BCUT2D eigenvalue weighted by molar-refractivity contribution is 6.74. The summed E-state index contributed by atoms with van der Waals surface area (Å²) in [5, 5.41) is 0.267. The van der Waals surface area contributed by atoms with E-state index in [0.29, 0.717) is 17.6 Å². The molecule has 0 aliphatic heterocycles. The molecule has 0 aromatic carbocycles. The molecule has 0 amide bonds. The van der Waals surface area contributed by atoms with Crippen molar-refractivity contribution in [3.63, 3.8) is 0 Å². The number of rotatable bonds is 4. The third-order valence-electron chi connectivity index (χ3n) is 5.30. The van der Waals surface area contributed by atoms with E-state index in [9.17, 15) is 4.79 Å². The Morgan fingerprint density at radius 2 is 1.89 bits per heavy atom. The van der Waals surface area contributed by atoms with Crippen LogP contribution in [-0.2, 0) is 9.22 Å². The van der Waals surface area contributed by atoms with Gasteiger partial charge >= 0.3 is 0 Å². The van der Waals surface area contributed by atoms with Crippen molar-refractivity contribution in [1.29, 1.82) is 0 Å². The van der Waals surface area contributed by atoms with E-state index in [1.807, 2.05) is 0 Å². The van der Waals surface area contributed by atoms with Gasteiger partial charge in [-0.3, -0.25) is 4.79 Å². The van der Waals surface area contributed by atoms with Crippen LogP contribution in [0.2, 0.25) is 18.1 Å². The summed E-state index contributed by atoms with van der Waals surface area (Å²) in [6.07, 6.45) is 3.02. The van der Waals surface area contributed by atoms with Crippen molar-refractivity contribution in [2.45, 2.75) is 72.0 Å². The van der Waals surface area contributed by atoms with Gasteiger partial charge in [0.2, 0.25) is 0 Å². The molecule has 3 unspecified atom stereocenters. The number of hydrogen-bond donors (Lipinski definition) is 0. The van der Waals surface area contributed by atoms with Crippen LogP contribution in [0.3, 0.4) is 0 Å². The van der Waals surface area contributed by atoms with Crippen LogP contribution in [0.25, 0.3) is 0 Å². The van der Waals surface area contributed by atoms with Crippen molar-refractivity contribution >= 4 is 14.1 Å². The Bertz CT molecular complexity index is 317. The Kier molecular flexibility index (Phi) is 5.41. The van der Waals surface area contributed by atoms with Crippen LogP contribution in [0.15, 0.2) is 0 Å². The lowest BCUT2D eigenvalue weighted by Gasteiger charge is -2.38. The fourth-order valence-electron chi connectivity index (χ4n) is 2.36. The molecule has 0 spiro atoms. The van der Waals surface area contributed by atoms with Gasteiger partial charge in [-0.15, -0.1) is 0 Å². The maximum Gasteiger partial charge on any atom is 0.191 e. The molecule has 0 radical (unpaired) electrons. The number of ketones is 1. The minimum atomic E-state index is -1.65. The Hall–Kier alpha value is -0.153. The van der Waals surface area contributed by atoms with Gasteiger partial charge in [-0.25, -0.2) is 0 Å². The van der Waals surface area contributed by atoms with Crippen molar-refractivity contribution in [3.05, 3.63) is 0 Å². The smallest absolute Gasteiger partial charge is 0.191 e. The quantitative estimate of drug-likeness (QED) is 0.702. The zero-order valence-electron chi connectivity index (χ0n) is 13.9. The molecule has 0 bridgehead atoms. The molecule has 0 N–H and O–H groups in total. The van der Waals surface area contributed by atoms with E-state index in [1.54, 1.807) is 0 Å². The summed E-state index contributed by atoms with van der Waals surface area (Å²) in [5.74, 6) is 1.78. The molecule has 1 aliphatic rings. The zero-order chi connectivity index (χ0) is 14.8. The van der Waals surface area contributed by atoms with Gasteiger partial charge in [-0.1, -0.05) is 34.6 Å². The van der Waals surface area contributed by atoms with Crippen LogP contribution in [0.4, 0.5) is 0 Å². The van der Waals surface area contributed by atoms with E-state index in [-0.39, 0.29) is 11.0 Å². The first-order chi connectivity index (χ1) is 8.54. The summed E-state index contributed by atoms with van der Waals surface area (Å²) in [4.78, 5) is 11.8. The number of Topliss-reactive ketones (excluding diaryl/α,β-unsaturated/α-hetero) is 1. The first kappa shape index (κ1) is 16.9. The summed E-state index contributed by atoms with van der Waals surface area (Å²) in [6.45, 7) is 16.6. The Morgan fingerprint density at radius 3 is 2.37 bits per heavy atom. The minimum Gasteiger partial charge on any atom is -0.417 e. The standard InChI is InChI=1S/C16H32O2Si/c1-12-8-9-14(10-15(12)17)13(2)11-18-19(6,7)16(3,4)5/h12-14H,8-11H2,1-7H3. The fraction of sp³-hybridized carbons (Fsp3) is 0.938. The molecule has 3 atom stereocenters. The molecule has 0 heterocycles.